The molecule has 0 heterocycles. The second kappa shape index (κ2) is 8.60. The first-order valence-corrected chi connectivity index (χ1v) is 9.60. The highest BCUT2D eigenvalue weighted by Crippen LogP contribution is 2.29. The van der Waals surface area contributed by atoms with Crippen molar-refractivity contribution in [2.24, 2.45) is 5.10 Å². The van der Waals surface area contributed by atoms with E-state index in [9.17, 15) is 23.6 Å². The van der Waals surface area contributed by atoms with Crippen molar-refractivity contribution in [1.82, 2.24) is 4.31 Å². The number of hydrogen-bond acceptors (Lipinski definition) is 7. The lowest BCUT2D eigenvalue weighted by atomic mass is 10.2. The third kappa shape index (κ3) is 4.80. The predicted octanol–water partition coefficient (Wildman–Crippen LogP) is 2.78. The lowest BCUT2D eigenvalue weighted by molar-refractivity contribution is -0.384. The van der Waals surface area contributed by atoms with Crippen LogP contribution in [0.2, 0.25) is 0 Å². The number of aromatic hydroxyl groups is 1. The van der Waals surface area contributed by atoms with Crippen LogP contribution in [0.5, 0.6) is 5.75 Å². The average Bonchev–Trinajstić information content (AvgIpc) is 2.64. The second-order valence-corrected chi connectivity index (χ2v) is 7.42. The highest BCUT2D eigenvalue weighted by atomic mass is 32.2. The summed E-state index contributed by atoms with van der Waals surface area (Å²) in [5.41, 5.74) is 2.89. The van der Waals surface area contributed by atoms with Crippen molar-refractivity contribution in [3.8, 4) is 5.75 Å². The first-order valence-electron chi connectivity index (χ1n) is 8.16. The Hall–Kier alpha value is -2.98. The third-order valence-electron chi connectivity index (χ3n) is 3.80. The van der Waals surface area contributed by atoms with Gasteiger partial charge in [-0.05, 0) is 42.0 Å². The number of phenols is 1. The van der Waals surface area contributed by atoms with E-state index < -0.39 is 20.6 Å². The molecule has 144 valence electrons. The van der Waals surface area contributed by atoms with Crippen molar-refractivity contribution in [2.75, 3.05) is 18.5 Å². The molecule has 0 amide bonds. The summed E-state index contributed by atoms with van der Waals surface area (Å²) in [6, 6.07) is 9.84. The van der Waals surface area contributed by atoms with Gasteiger partial charge >= 0.3 is 0 Å². The summed E-state index contributed by atoms with van der Waals surface area (Å²) in [7, 11) is -3.80. The molecule has 9 nitrogen and oxygen atoms in total. The topological polar surface area (TPSA) is 125 Å². The number of benzene rings is 2. The Bertz CT molecular complexity index is 938. The van der Waals surface area contributed by atoms with Crippen molar-refractivity contribution < 1.29 is 18.4 Å². The Morgan fingerprint density at radius 3 is 2.37 bits per heavy atom. The van der Waals surface area contributed by atoms with E-state index in [1.54, 1.807) is 26.0 Å². The summed E-state index contributed by atoms with van der Waals surface area (Å²) in [6.45, 7) is 3.93. The molecular formula is C17H20N4O5S. The lowest BCUT2D eigenvalue weighted by Gasteiger charge is -2.18. The van der Waals surface area contributed by atoms with E-state index in [0.717, 1.165) is 6.07 Å². The molecule has 0 aromatic heterocycles. The third-order valence-corrected chi connectivity index (χ3v) is 5.85. The maximum absolute atomic E-state index is 12.5. The number of nitro benzene ring substituents is 1. The number of phenolic OH excluding ortho intramolecular Hbond substituents is 1. The van der Waals surface area contributed by atoms with E-state index in [-0.39, 0.29) is 29.4 Å². The van der Waals surface area contributed by atoms with Gasteiger partial charge in [0.25, 0.3) is 5.69 Å². The fourth-order valence-corrected chi connectivity index (χ4v) is 3.85. The summed E-state index contributed by atoms with van der Waals surface area (Å²) in [5.74, 6) is 0.112. The molecule has 0 atom stereocenters. The maximum atomic E-state index is 12.5. The number of rotatable bonds is 8. The van der Waals surface area contributed by atoms with Gasteiger partial charge in [0, 0.05) is 19.2 Å². The van der Waals surface area contributed by atoms with E-state index >= 15 is 0 Å². The van der Waals surface area contributed by atoms with Crippen LogP contribution < -0.4 is 5.43 Å². The molecule has 2 N–H and O–H groups in total. The molecule has 0 aliphatic rings. The number of nitrogens with zero attached hydrogens (tertiary/aromatic N) is 3. The van der Waals surface area contributed by atoms with Gasteiger partial charge in [0.1, 0.15) is 11.4 Å². The van der Waals surface area contributed by atoms with E-state index in [0.29, 0.717) is 5.56 Å². The molecule has 27 heavy (non-hydrogen) atoms. The minimum Gasteiger partial charge on any atom is -0.508 e. The SMILES string of the molecule is CCN(CC)S(=O)(=O)c1ccc(NN=Cc2ccc(O)cc2)c([N+](=O)[O-])c1. The Labute approximate surface area is 157 Å². The van der Waals surface area contributed by atoms with Crippen LogP contribution >= 0.6 is 0 Å². The Kier molecular flexibility index (Phi) is 6.48. The second-order valence-electron chi connectivity index (χ2n) is 5.49. The van der Waals surface area contributed by atoms with Gasteiger partial charge in [-0.1, -0.05) is 13.8 Å². The van der Waals surface area contributed by atoms with Crippen LogP contribution in [-0.2, 0) is 10.0 Å². The van der Waals surface area contributed by atoms with Crippen LogP contribution in [0.3, 0.4) is 0 Å². The van der Waals surface area contributed by atoms with E-state index in [1.807, 2.05) is 0 Å². The summed E-state index contributed by atoms with van der Waals surface area (Å²) < 4.78 is 26.3. The fourth-order valence-electron chi connectivity index (χ4n) is 2.37. The maximum Gasteiger partial charge on any atom is 0.295 e. The van der Waals surface area contributed by atoms with Crippen molar-refractivity contribution >= 4 is 27.6 Å². The number of sulfonamides is 1. The van der Waals surface area contributed by atoms with Crippen LogP contribution in [0.4, 0.5) is 11.4 Å². The van der Waals surface area contributed by atoms with Gasteiger partial charge in [-0.25, -0.2) is 8.42 Å². The number of nitrogens with one attached hydrogen (secondary N) is 1. The van der Waals surface area contributed by atoms with E-state index in [4.69, 9.17) is 0 Å². The van der Waals surface area contributed by atoms with Crippen LogP contribution in [0.25, 0.3) is 0 Å². The van der Waals surface area contributed by atoms with E-state index in [2.05, 4.69) is 10.5 Å². The monoisotopic (exact) mass is 392 g/mol. The van der Waals surface area contributed by atoms with Gasteiger partial charge in [0.15, 0.2) is 0 Å². The van der Waals surface area contributed by atoms with Crippen molar-refractivity contribution in [2.45, 2.75) is 18.7 Å². The highest BCUT2D eigenvalue weighted by molar-refractivity contribution is 7.89. The smallest absolute Gasteiger partial charge is 0.295 e. The number of hydrogen-bond donors (Lipinski definition) is 2. The van der Waals surface area contributed by atoms with E-state index in [1.165, 1.54) is 34.8 Å². The zero-order valence-electron chi connectivity index (χ0n) is 14.9. The normalized spacial score (nSPS) is 11.8. The number of hydrazone groups is 1. The van der Waals surface area contributed by atoms with Crippen LogP contribution in [0, 0.1) is 10.1 Å². The molecule has 0 aliphatic carbocycles. The lowest BCUT2D eigenvalue weighted by Crippen LogP contribution is -2.30. The molecule has 2 rings (SSSR count). The Morgan fingerprint density at radius 1 is 1.19 bits per heavy atom. The molecule has 0 unspecified atom stereocenters. The molecule has 0 bridgehead atoms. The standard InChI is InChI=1S/C17H20N4O5S/c1-3-20(4-2)27(25,26)15-9-10-16(17(11-15)21(23)24)19-18-12-13-5-7-14(22)8-6-13/h5-12,19,22H,3-4H2,1-2H3. The Balaban J connectivity index is 2.30. The molecular weight excluding hydrogens is 372 g/mol. The number of anilines is 1. The zero-order chi connectivity index (χ0) is 20.0. The van der Waals surface area contributed by atoms with Crippen LogP contribution in [0.1, 0.15) is 19.4 Å². The van der Waals surface area contributed by atoms with Crippen LogP contribution in [0.15, 0.2) is 52.5 Å². The highest BCUT2D eigenvalue weighted by Gasteiger charge is 2.25. The average molecular weight is 392 g/mol. The molecule has 0 saturated carbocycles. The minimum absolute atomic E-state index is 0.0634. The minimum atomic E-state index is -3.80. The molecule has 2 aromatic rings. The predicted molar refractivity (Wildman–Crippen MR) is 103 cm³/mol. The molecule has 0 radical (unpaired) electrons. The van der Waals surface area contributed by atoms with Crippen LogP contribution in [-0.4, -0.2) is 42.1 Å². The van der Waals surface area contributed by atoms with Crippen molar-refractivity contribution in [3.05, 3.63) is 58.1 Å². The van der Waals surface area contributed by atoms with Crippen molar-refractivity contribution in [1.29, 1.82) is 0 Å². The van der Waals surface area contributed by atoms with Gasteiger partial charge in [-0.2, -0.15) is 9.41 Å². The first-order chi connectivity index (χ1) is 12.8. The summed E-state index contributed by atoms with van der Waals surface area (Å²) in [4.78, 5) is 10.5. The number of nitro groups is 1. The molecule has 0 saturated heterocycles. The molecule has 10 heteroatoms. The first kappa shape index (κ1) is 20.3. The summed E-state index contributed by atoms with van der Waals surface area (Å²) in [5, 5.41) is 24.5. The largest absolute Gasteiger partial charge is 0.508 e. The zero-order valence-corrected chi connectivity index (χ0v) is 15.7. The van der Waals surface area contributed by atoms with Gasteiger partial charge in [0.05, 0.1) is 16.0 Å². The van der Waals surface area contributed by atoms with Gasteiger partial charge < -0.3 is 5.11 Å². The quantitative estimate of drug-likeness (QED) is 0.404. The molecule has 2 aromatic carbocycles. The van der Waals surface area contributed by atoms with Gasteiger partial charge in [-0.15, -0.1) is 0 Å². The summed E-state index contributed by atoms with van der Waals surface area (Å²) in [6.07, 6.45) is 1.42. The summed E-state index contributed by atoms with van der Waals surface area (Å²) >= 11 is 0. The molecule has 0 fully saturated rings. The van der Waals surface area contributed by atoms with Gasteiger partial charge in [-0.3, -0.25) is 15.5 Å². The van der Waals surface area contributed by atoms with Gasteiger partial charge in [0.2, 0.25) is 10.0 Å². The Morgan fingerprint density at radius 2 is 1.81 bits per heavy atom. The molecule has 0 spiro atoms. The fraction of sp³-hybridized carbons (Fsp3) is 0.235. The van der Waals surface area contributed by atoms with Crippen molar-refractivity contribution in [3.63, 3.8) is 0 Å². The molecule has 0 aliphatic heterocycles.